The summed E-state index contributed by atoms with van der Waals surface area (Å²) in [6.45, 7) is 6.26. The number of aromatic amines is 1. The maximum atomic E-state index is 12.4. The highest BCUT2D eigenvalue weighted by atomic mass is 16.3. The van der Waals surface area contributed by atoms with Crippen molar-refractivity contribution in [2.45, 2.75) is 46.3 Å². The van der Waals surface area contributed by atoms with Crippen LogP contribution in [-0.2, 0) is 13.0 Å². The van der Waals surface area contributed by atoms with Gasteiger partial charge in [-0.1, -0.05) is 44.2 Å². The Morgan fingerprint density at radius 2 is 1.85 bits per heavy atom. The number of fused-ring (bicyclic) bond motifs is 2. The molecular weight excluding hydrogens is 434 g/mol. The number of anilines is 1. The average molecular weight is 466 g/mol. The van der Waals surface area contributed by atoms with E-state index in [2.05, 4.69) is 32.4 Å². The van der Waals surface area contributed by atoms with Crippen LogP contribution in [0.3, 0.4) is 0 Å². The van der Waals surface area contributed by atoms with Crippen molar-refractivity contribution in [1.82, 2.24) is 19.5 Å². The van der Waals surface area contributed by atoms with Crippen molar-refractivity contribution in [2.24, 2.45) is 0 Å². The van der Waals surface area contributed by atoms with Crippen molar-refractivity contribution in [3.05, 3.63) is 74.4 Å². The van der Waals surface area contributed by atoms with Gasteiger partial charge < -0.3 is 20.1 Å². The molecule has 0 spiro atoms. The zero-order valence-corrected chi connectivity index (χ0v) is 19.7. The van der Waals surface area contributed by atoms with Crippen LogP contribution in [0.4, 0.5) is 5.69 Å². The second kappa shape index (κ2) is 11.5. The minimum atomic E-state index is -0.888. The molecule has 1 unspecified atom stereocenters. The molecule has 2 aliphatic rings. The fraction of sp³-hybridized carbons (Fsp3) is 0.360. The Hall–Kier alpha value is -3.56. The number of aliphatic hydroxyl groups excluding tert-OH is 2. The van der Waals surface area contributed by atoms with Crippen LogP contribution in [0.15, 0.2) is 52.1 Å². The predicted octanol–water partition coefficient (Wildman–Crippen LogP) is 2.32. The van der Waals surface area contributed by atoms with Gasteiger partial charge in [0, 0.05) is 18.8 Å². The molecule has 0 bridgehead atoms. The number of aromatic nitrogens is 4. The van der Waals surface area contributed by atoms with E-state index in [4.69, 9.17) is 5.11 Å². The summed E-state index contributed by atoms with van der Waals surface area (Å²) >= 11 is 0. The van der Waals surface area contributed by atoms with Crippen LogP contribution in [0.5, 0.6) is 0 Å². The number of nitrogens with zero attached hydrogens (tertiary/aromatic N) is 3. The zero-order valence-electron chi connectivity index (χ0n) is 19.7. The minimum absolute atomic E-state index is 0.118. The van der Waals surface area contributed by atoms with Crippen molar-refractivity contribution < 1.29 is 10.2 Å². The molecule has 34 heavy (non-hydrogen) atoms. The number of rotatable bonds is 8. The third kappa shape index (κ3) is 5.67. The Bertz CT molecular complexity index is 1320. The quantitative estimate of drug-likeness (QED) is 0.294. The summed E-state index contributed by atoms with van der Waals surface area (Å²) in [5.74, 6) is 0.240. The zero-order chi connectivity index (χ0) is 24.7. The van der Waals surface area contributed by atoms with Gasteiger partial charge in [0.25, 0.3) is 5.56 Å². The second-order valence-electron chi connectivity index (χ2n) is 7.77. The number of aliphatic hydroxyl groups is 2. The van der Waals surface area contributed by atoms with E-state index in [0.717, 1.165) is 29.6 Å². The molecule has 9 heteroatoms. The van der Waals surface area contributed by atoms with Crippen LogP contribution in [0.1, 0.15) is 31.4 Å². The van der Waals surface area contributed by atoms with Crippen LogP contribution >= 0.6 is 0 Å². The first kappa shape index (κ1) is 25.1. The maximum Gasteiger partial charge on any atom is 0.349 e. The highest BCUT2D eigenvalue weighted by Crippen LogP contribution is 2.27. The monoisotopic (exact) mass is 465 g/mol. The largest absolute Gasteiger partial charge is 0.394 e. The number of nitrogens with one attached hydrogen (secondary N) is 2. The summed E-state index contributed by atoms with van der Waals surface area (Å²) in [7, 11) is 0. The second-order valence-corrected chi connectivity index (χ2v) is 7.77. The fourth-order valence-corrected chi connectivity index (χ4v) is 3.74. The number of aryl methyl sites for hydroxylation is 3. The van der Waals surface area contributed by atoms with Gasteiger partial charge in [0.05, 0.1) is 23.7 Å². The van der Waals surface area contributed by atoms with Crippen molar-refractivity contribution in [3.8, 4) is 11.5 Å². The average Bonchev–Trinajstić information content (AvgIpc) is 2.84. The van der Waals surface area contributed by atoms with Crippen LogP contribution in [0.2, 0.25) is 0 Å². The number of benzene rings is 2. The summed E-state index contributed by atoms with van der Waals surface area (Å²) < 4.78 is 1.85. The molecule has 4 N–H and O–H groups in total. The van der Waals surface area contributed by atoms with E-state index in [1.807, 2.05) is 55.7 Å². The summed E-state index contributed by atoms with van der Waals surface area (Å²) in [6.07, 6.45) is 0.707. The molecule has 0 radical (unpaired) electrons. The molecular formula is C25H31N5O4. The Morgan fingerprint density at radius 1 is 1.12 bits per heavy atom. The Balaban J connectivity index is 0.00000158. The van der Waals surface area contributed by atoms with Gasteiger partial charge in [0.15, 0.2) is 11.5 Å². The molecule has 2 aliphatic heterocycles. The first-order valence-corrected chi connectivity index (χ1v) is 11.5. The molecule has 0 saturated heterocycles. The number of H-pyrrole nitrogens is 1. The summed E-state index contributed by atoms with van der Waals surface area (Å²) in [5, 5.41) is 21.9. The van der Waals surface area contributed by atoms with E-state index in [0.29, 0.717) is 12.1 Å². The Kier molecular flexibility index (Phi) is 8.50. The maximum absolute atomic E-state index is 12.4. The molecule has 9 nitrogen and oxygen atoms in total. The van der Waals surface area contributed by atoms with Gasteiger partial charge in [0.1, 0.15) is 0 Å². The third-order valence-electron chi connectivity index (χ3n) is 5.38. The molecule has 2 aromatic rings. The standard InChI is InChI=1S/C23H25N5O4.C2H6/c1-14-10-18-19(11-17(14)24-12-16(30)13-29)28(9-5-8-15-6-3-2-4-7-15)21-20(25-18)22(31)27-23(32)26-21;1-2/h2-4,6-7,10-11,16,24,29-30H,5,8-9,12-13H2,1H3,(H,27,31,32);1-2H3. The van der Waals surface area contributed by atoms with Gasteiger partial charge in [-0.25, -0.2) is 9.78 Å². The predicted molar refractivity (Wildman–Crippen MR) is 133 cm³/mol. The smallest absolute Gasteiger partial charge is 0.349 e. The van der Waals surface area contributed by atoms with E-state index >= 15 is 0 Å². The number of hydrogen-bond donors (Lipinski definition) is 4. The lowest BCUT2D eigenvalue weighted by molar-refractivity contribution is 0.105. The van der Waals surface area contributed by atoms with Crippen LogP contribution in [-0.4, -0.2) is 49.0 Å². The minimum Gasteiger partial charge on any atom is -0.394 e. The van der Waals surface area contributed by atoms with Crippen molar-refractivity contribution in [3.63, 3.8) is 0 Å². The van der Waals surface area contributed by atoms with Gasteiger partial charge in [-0.2, -0.15) is 4.98 Å². The van der Waals surface area contributed by atoms with Gasteiger partial charge in [0.2, 0.25) is 0 Å². The first-order valence-electron chi connectivity index (χ1n) is 11.5. The molecule has 2 aromatic carbocycles. The Labute approximate surface area is 197 Å². The molecule has 0 amide bonds. The van der Waals surface area contributed by atoms with Crippen LogP contribution in [0.25, 0.3) is 22.6 Å². The van der Waals surface area contributed by atoms with Crippen molar-refractivity contribution in [2.75, 3.05) is 18.5 Å². The van der Waals surface area contributed by atoms with Crippen LogP contribution < -0.4 is 16.6 Å². The lowest BCUT2D eigenvalue weighted by Gasteiger charge is -2.19. The normalized spacial score (nSPS) is 11.8. The highest BCUT2D eigenvalue weighted by molar-refractivity contribution is 5.84. The molecule has 4 rings (SSSR count). The Morgan fingerprint density at radius 3 is 2.56 bits per heavy atom. The summed E-state index contributed by atoms with van der Waals surface area (Å²) in [6, 6.07) is 13.8. The molecule has 1 atom stereocenters. The molecule has 0 fully saturated rings. The van der Waals surface area contributed by atoms with E-state index < -0.39 is 17.4 Å². The molecule has 0 aliphatic carbocycles. The van der Waals surface area contributed by atoms with Gasteiger partial charge in [-0.15, -0.1) is 0 Å². The van der Waals surface area contributed by atoms with E-state index in [1.165, 1.54) is 5.56 Å². The van der Waals surface area contributed by atoms with Crippen molar-refractivity contribution >= 4 is 16.7 Å². The highest BCUT2D eigenvalue weighted by Gasteiger charge is 2.19. The summed E-state index contributed by atoms with van der Waals surface area (Å²) in [4.78, 5) is 35.1. The first-order chi connectivity index (χ1) is 16.5. The fourth-order valence-electron chi connectivity index (χ4n) is 3.74. The number of hydrogen-bond acceptors (Lipinski definition) is 7. The topological polar surface area (TPSA) is 133 Å². The molecule has 2 heterocycles. The van der Waals surface area contributed by atoms with Gasteiger partial charge in [-0.3, -0.25) is 9.78 Å². The molecule has 0 saturated carbocycles. The molecule has 180 valence electrons. The SMILES string of the molecule is CC.Cc1cc2nc3c(=O)[nH]c(=O)nc-3n(CCCc3ccccc3)c2cc1NCC(O)CO. The van der Waals surface area contributed by atoms with E-state index in [9.17, 15) is 14.7 Å². The van der Waals surface area contributed by atoms with E-state index in [1.54, 1.807) is 0 Å². The van der Waals surface area contributed by atoms with Gasteiger partial charge in [-0.05, 0) is 43.0 Å². The lowest BCUT2D eigenvalue weighted by Crippen LogP contribution is -2.29. The lowest BCUT2D eigenvalue weighted by atomic mass is 10.1. The van der Waals surface area contributed by atoms with Crippen LogP contribution in [0, 0.1) is 6.92 Å². The third-order valence-corrected chi connectivity index (χ3v) is 5.38. The van der Waals surface area contributed by atoms with E-state index in [-0.39, 0.29) is 24.7 Å². The van der Waals surface area contributed by atoms with Gasteiger partial charge >= 0.3 is 5.69 Å². The molecule has 0 aromatic heterocycles. The summed E-state index contributed by atoms with van der Waals surface area (Å²) in [5.41, 5.74) is 2.99. The van der Waals surface area contributed by atoms with Crippen molar-refractivity contribution in [1.29, 1.82) is 0 Å².